The van der Waals surface area contributed by atoms with Crippen molar-refractivity contribution in [1.82, 2.24) is 0 Å². The van der Waals surface area contributed by atoms with Crippen LogP contribution < -0.4 is 5.73 Å². The van der Waals surface area contributed by atoms with Gasteiger partial charge >= 0.3 is 0 Å². The molecule has 3 nitrogen and oxygen atoms in total. The van der Waals surface area contributed by atoms with Gasteiger partial charge in [-0.05, 0) is 29.0 Å². The van der Waals surface area contributed by atoms with Crippen LogP contribution in [0.1, 0.15) is 5.56 Å². The Kier molecular flexibility index (Phi) is 2.02. The maximum atomic E-state index is 9.54. The molecule has 2 rings (SSSR count). The quantitative estimate of drug-likeness (QED) is 0.639. The number of benzene rings is 2. The van der Waals surface area contributed by atoms with Crippen LogP contribution in [0.15, 0.2) is 30.3 Å². The van der Waals surface area contributed by atoms with Crippen molar-refractivity contribution in [3.05, 3.63) is 35.9 Å². The maximum absolute atomic E-state index is 9.54. The molecule has 72 valence electrons. The lowest BCUT2D eigenvalue weighted by Gasteiger charge is -2.06. The summed E-state index contributed by atoms with van der Waals surface area (Å²) in [7, 11) is 0. The van der Waals surface area contributed by atoms with E-state index in [1.807, 2.05) is 0 Å². The zero-order valence-electron chi connectivity index (χ0n) is 7.57. The second-order valence-electron chi connectivity index (χ2n) is 3.17. The van der Waals surface area contributed by atoms with E-state index in [-0.39, 0.29) is 18.0 Å². The van der Waals surface area contributed by atoms with Crippen LogP contribution in [0.25, 0.3) is 10.8 Å². The molecular weight excluding hydrogens is 178 g/mol. The molecule has 0 fully saturated rings. The minimum Gasteiger partial charge on any atom is -0.508 e. The Balaban J connectivity index is 2.84. The van der Waals surface area contributed by atoms with Crippen LogP contribution in [0.4, 0.5) is 0 Å². The lowest BCUT2D eigenvalue weighted by atomic mass is 10.0. The molecule has 0 bridgehead atoms. The van der Waals surface area contributed by atoms with Gasteiger partial charge in [-0.15, -0.1) is 0 Å². The zero-order chi connectivity index (χ0) is 10.1. The molecular formula is C11H11NO2. The highest BCUT2D eigenvalue weighted by molar-refractivity contribution is 5.88. The summed E-state index contributed by atoms with van der Waals surface area (Å²) in [6.45, 7) is 0.257. The van der Waals surface area contributed by atoms with Crippen molar-refractivity contribution < 1.29 is 10.2 Å². The van der Waals surface area contributed by atoms with Crippen LogP contribution in [0.2, 0.25) is 0 Å². The van der Waals surface area contributed by atoms with Gasteiger partial charge in [0.15, 0.2) is 0 Å². The summed E-state index contributed by atoms with van der Waals surface area (Å²) in [6.07, 6.45) is 0. The smallest absolute Gasteiger partial charge is 0.120 e. The van der Waals surface area contributed by atoms with Gasteiger partial charge in [0.25, 0.3) is 0 Å². The predicted octanol–water partition coefficient (Wildman–Crippen LogP) is 1.71. The first-order valence-corrected chi connectivity index (χ1v) is 4.36. The molecule has 0 radical (unpaired) electrons. The van der Waals surface area contributed by atoms with E-state index in [1.54, 1.807) is 30.3 Å². The van der Waals surface area contributed by atoms with E-state index in [2.05, 4.69) is 0 Å². The molecule has 3 heteroatoms. The number of hydrogen-bond donors (Lipinski definition) is 3. The lowest BCUT2D eigenvalue weighted by Crippen LogP contribution is -1.97. The van der Waals surface area contributed by atoms with Crippen LogP contribution in [0.5, 0.6) is 11.5 Å². The highest BCUT2D eigenvalue weighted by Crippen LogP contribution is 2.29. The maximum Gasteiger partial charge on any atom is 0.120 e. The Morgan fingerprint density at radius 2 is 1.79 bits per heavy atom. The van der Waals surface area contributed by atoms with Crippen LogP contribution in [-0.4, -0.2) is 10.2 Å². The molecule has 0 saturated heterocycles. The topological polar surface area (TPSA) is 66.5 Å². The first-order valence-electron chi connectivity index (χ1n) is 4.36. The number of phenols is 2. The van der Waals surface area contributed by atoms with E-state index in [1.165, 1.54) is 0 Å². The van der Waals surface area contributed by atoms with Crippen LogP contribution in [0, 0.1) is 0 Å². The third kappa shape index (κ3) is 1.28. The van der Waals surface area contributed by atoms with E-state index < -0.39 is 0 Å². The molecule has 0 unspecified atom stereocenters. The second kappa shape index (κ2) is 3.20. The molecule has 0 aliphatic rings. The normalized spacial score (nSPS) is 10.6. The van der Waals surface area contributed by atoms with Crippen molar-refractivity contribution in [2.24, 2.45) is 5.73 Å². The summed E-state index contributed by atoms with van der Waals surface area (Å²) in [4.78, 5) is 0. The van der Waals surface area contributed by atoms with Gasteiger partial charge in [-0.25, -0.2) is 0 Å². The largest absolute Gasteiger partial charge is 0.508 e. The lowest BCUT2D eigenvalue weighted by molar-refractivity contribution is 0.469. The van der Waals surface area contributed by atoms with Crippen molar-refractivity contribution in [1.29, 1.82) is 0 Å². The molecule has 0 aliphatic carbocycles. The molecule has 0 aliphatic heterocycles. The first kappa shape index (κ1) is 8.84. The Labute approximate surface area is 81.4 Å². The number of rotatable bonds is 1. The van der Waals surface area contributed by atoms with Crippen molar-refractivity contribution in [3.63, 3.8) is 0 Å². The number of fused-ring (bicyclic) bond motifs is 1. The fourth-order valence-electron chi connectivity index (χ4n) is 1.57. The Hall–Kier alpha value is -1.74. The van der Waals surface area contributed by atoms with Crippen LogP contribution in [-0.2, 0) is 6.54 Å². The molecule has 0 aromatic heterocycles. The highest BCUT2D eigenvalue weighted by atomic mass is 16.3. The van der Waals surface area contributed by atoms with Gasteiger partial charge in [0.1, 0.15) is 11.5 Å². The number of hydrogen-bond acceptors (Lipinski definition) is 3. The van der Waals surface area contributed by atoms with Crippen molar-refractivity contribution in [2.75, 3.05) is 0 Å². The summed E-state index contributed by atoms with van der Waals surface area (Å²) in [6, 6.07) is 8.42. The van der Waals surface area contributed by atoms with Gasteiger partial charge in [0.05, 0.1) is 0 Å². The standard InChI is InChI=1S/C11H11NO2/c12-6-10-9-5-8(13)3-1-7(9)2-4-11(10)14/h1-5,13-14H,6,12H2. The third-order valence-electron chi connectivity index (χ3n) is 2.30. The van der Waals surface area contributed by atoms with Crippen molar-refractivity contribution in [2.45, 2.75) is 6.54 Å². The molecule has 2 aromatic rings. The van der Waals surface area contributed by atoms with E-state index in [0.717, 1.165) is 10.8 Å². The summed E-state index contributed by atoms with van der Waals surface area (Å²) >= 11 is 0. The summed E-state index contributed by atoms with van der Waals surface area (Å²) < 4.78 is 0. The fourth-order valence-corrected chi connectivity index (χ4v) is 1.57. The summed E-state index contributed by atoms with van der Waals surface area (Å²) in [5.41, 5.74) is 6.19. The van der Waals surface area contributed by atoms with Gasteiger partial charge < -0.3 is 15.9 Å². The first-order chi connectivity index (χ1) is 6.72. The van der Waals surface area contributed by atoms with E-state index in [4.69, 9.17) is 5.73 Å². The average molecular weight is 189 g/mol. The average Bonchev–Trinajstić information content (AvgIpc) is 2.17. The molecule has 0 atom stereocenters. The zero-order valence-corrected chi connectivity index (χ0v) is 7.57. The number of nitrogens with two attached hydrogens (primary N) is 1. The van der Waals surface area contributed by atoms with Gasteiger partial charge in [-0.2, -0.15) is 0 Å². The van der Waals surface area contributed by atoms with E-state index >= 15 is 0 Å². The molecule has 0 saturated carbocycles. The number of aromatic hydroxyl groups is 2. The fraction of sp³-hybridized carbons (Fsp3) is 0.0909. The van der Waals surface area contributed by atoms with Crippen LogP contribution >= 0.6 is 0 Å². The Morgan fingerprint density at radius 3 is 2.50 bits per heavy atom. The summed E-state index contributed by atoms with van der Waals surface area (Å²) in [5.74, 6) is 0.350. The minimum absolute atomic E-state index is 0.172. The van der Waals surface area contributed by atoms with E-state index in [0.29, 0.717) is 5.56 Å². The Morgan fingerprint density at radius 1 is 1.07 bits per heavy atom. The predicted molar refractivity (Wildman–Crippen MR) is 55.2 cm³/mol. The molecule has 2 aromatic carbocycles. The van der Waals surface area contributed by atoms with Crippen molar-refractivity contribution >= 4 is 10.8 Å². The molecule has 0 amide bonds. The van der Waals surface area contributed by atoms with E-state index in [9.17, 15) is 10.2 Å². The van der Waals surface area contributed by atoms with Gasteiger partial charge in [0.2, 0.25) is 0 Å². The van der Waals surface area contributed by atoms with Gasteiger partial charge in [-0.1, -0.05) is 12.1 Å². The third-order valence-corrected chi connectivity index (χ3v) is 2.30. The van der Waals surface area contributed by atoms with Crippen LogP contribution in [0.3, 0.4) is 0 Å². The molecule has 4 N–H and O–H groups in total. The number of phenolic OH excluding ortho intramolecular Hbond substituents is 2. The molecule has 0 spiro atoms. The van der Waals surface area contributed by atoms with Gasteiger partial charge in [0, 0.05) is 12.1 Å². The SMILES string of the molecule is NCc1c(O)ccc2ccc(O)cc12. The molecule has 14 heavy (non-hydrogen) atoms. The summed E-state index contributed by atoms with van der Waals surface area (Å²) in [5, 5.41) is 20.6. The van der Waals surface area contributed by atoms with Gasteiger partial charge in [-0.3, -0.25) is 0 Å². The monoisotopic (exact) mass is 189 g/mol. The second-order valence-corrected chi connectivity index (χ2v) is 3.17. The molecule has 0 heterocycles. The Bertz CT molecular complexity index is 475. The van der Waals surface area contributed by atoms with Crippen molar-refractivity contribution in [3.8, 4) is 11.5 Å². The minimum atomic E-state index is 0.172. The highest BCUT2D eigenvalue weighted by Gasteiger charge is 2.05.